The summed E-state index contributed by atoms with van der Waals surface area (Å²) in [6, 6.07) is 10.6. The van der Waals surface area contributed by atoms with Gasteiger partial charge in [0.2, 0.25) is 0 Å². The van der Waals surface area contributed by atoms with Gasteiger partial charge < -0.3 is 24.5 Å². The van der Waals surface area contributed by atoms with Gasteiger partial charge >= 0.3 is 11.8 Å². The normalized spacial score (nSPS) is 9.52. The van der Waals surface area contributed by atoms with Gasteiger partial charge in [-0.2, -0.15) is 0 Å². The Balaban J connectivity index is 0.000000419. The molecule has 0 unspecified atom stereocenters. The summed E-state index contributed by atoms with van der Waals surface area (Å²) in [5, 5.41) is 0.951. The van der Waals surface area contributed by atoms with Gasteiger partial charge in [0.25, 0.3) is 0 Å². The van der Waals surface area contributed by atoms with E-state index in [-0.39, 0.29) is 5.63 Å². The van der Waals surface area contributed by atoms with E-state index < -0.39 is 6.16 Å². The third-order valence-electron chi connectivity index (χ3n) is 3.22. The van der Waals surface area contributed by atoms with Crippen molar-refractivity contribution in [1.29, 1.82) is 0 Å². The van der Waals surface area contributed by atoms with Gasteiger partial charge in [0, 0.05) is 18.0 Å². The first kappa shape index (κ1) is 22.6. The number of ether oxygens (including phenoxy) is 2. The number of nitrogens with zero attached hydrogens (tertiary/aromatic N) is 1. The number of likely N-dealkylation sites (N-methyl/N-ethyl adjacent to an activating group) is 1. The smallest absolute Gasteiger partial charge is 0.438 e. The first-order chi connectivity index (χ1) is 12.1. The predicted octanol–water partition coefficient (Wildman–Crippen LogP) is 2.48. The average Bonchev–Trinajstić information content (AvgIpc) is 2.67. The molecule has 0 atom stereocenters. The summed E-state index contributed by atoms with van der Waals surface area (Å²) < 4.78 is 13.9. The number of carbonyl (C=O) groups excluding carboxylic acids is 1. The van der Waals surface area contributed by atoms with Crippen LogP contribution in [0.1, 0.15) is 13.8 Å². The highest BCUT2D eigenvalue weighted by molar-refractivity contribution is 5.75. The van der Waals surface area contributed by atoms with Crippen molar-refractivity contribution in [3.63, 3.8) is 0 Å². The molecule has 0 bridgehead atoms. The van der Waals surface area contributed by atoms with Gasteiger partial charge in [0.05, 0.1) is 7.11 Å². The molecular formula is C18H28N2O5. The van der Waals surface area contributed by atoms with E-state index in [1.807, 2.05) is 18.2 Å². The van der Waals surface area contributed by atoms with Gasteiger partial charge in [-0.15, -0.1) is 0 Å². The second-order valence-corrected chi connectivity index (χ2v) is 4.62. The van der Waals surface area contributed by atoms with Gasteiger partial charge in [0.1, 0.15) is 12.2 Å². The zero-order chi connectivity index (χ0) is 19.1. The van der Waals surface area contributed by atoms with Crippen molar-refractivity contribution in [3.8, 4) is 0 Å². The Bertz CT molecular complexity index is 653. The minimum absolute atomic E-state index is 0.302. The van der Waals surface area contributed by atoms with E-state index in [0.717, 1.165) is 25.0 Å². The van der Waals surface area contributed by atoms with Crippen LogP contribution in [0.3, 0.4) is 0 Å². The Labute approximate surface area is 148 Å². The lowest BCUT2D eigenvalue weighted by Gasteiger charge is -2.16. The highest BCUT2D eigenvalue weighted by Crippen LogP contribution is 2.08. The number of rotatable bonds is 5. The molecule has 2 N–H and O–H groups in total. The molecule has 0 aliphatic heterocycles. The van der Waals surface area contributed by atoms with Gasteiger partial charge in [-0.1, -0.05) is 32.0 Å². The van der Waals surface area contributed by atoms with Crippen molar-refractivity contribution in [1.82, 2.24) is 4.90 Å². The Hall–Kier alpha value is -2.38. The van der Waals surface area contributed by atoms with E-state index in [1.165, 1.54) is 20.2 Å². The fourth-order valence-electron chi connectivity index (χ4n) is 1.87. The predicted molar refractivity (Wildman–Crippen MR) is 98.7 cm³/mol. The van der Waals surface area contributed by atoms with Crippen LogP contribution in [-0.2, 0) is 9.47 Å². The van der Waals surface area contributed by atoms with Crippen molar-refractivity contribution in [3.05, 3.63) is 46.8 Å². The second-order valence-electron chi connectivity index (χ2n) is 4.62. The zero-order valence-electron chi connectivity index (χ0n) is 15.4. The minimum Gasteiger partial charge on any atom is -0.438 e. The van der Waals surface area contributed by atoms with Gasteiger partial charge in [-0.3, -0.25) is 0 Å². The van der Waals surface area contributed by atoms with Crippen molar-refractivity contribution in [2.24, 2.45) is 5.73 Å². The average molecular weight is 352 g/mol. The van der Waals surface area contributed by atoms with Crippen LogP contribution in [0.15, 0.2) is 45.6 Å². The third kappa shape index (κ3) is 9.49. The molecule has 140 valence electrons. The molecular weight excluding hydrogens is 324 g/mol. The van der Waals surface area contributed by atoms with E-state index in [2.05, 4.69) is 29.2 Å². The molecule has 0 spiro atoms. The molecule has 0 saturated heterocycles. The third-order valence-corrected chi connectivity index (χ3v) is 3.22. The summed E-state index contributed by atoms with van der Waals surface area (Å²) in [4.78, 5) is 23.4. The lowest BCUT2D eigenvalue weighted by Crippen LogP contribution is -2.27. The molecule has 7 nitrogen and oxygen atoms in total. The first-order valence-electron chi connectivity index (χ1n) is 8.10. The van der Waals surface area contributed by atoms with Crippen molar-refractivity contribution in [2.75, 3.05) is 40.4 Å². The fourth-order valence-corrected chi connectivity index (χ4v) is 1.87. The maximum atomic E-state index is 10.7. The molecule has 0 radical (unpaired) electrons. The van der Waals surface area contributed by atoms with Crippen molar-refractivity contribution < 1.29 is 18.7 Å². The van der Waals surface area contributed by atoms with E-state index in [4.69, 9.17) is 9.15 Å². The standard InChI is InChI=1S/C9H6O2.C8H17NO3.CH5N/c10-9-6-5-7-3-1-2-4-8(7)11-9;1-4-9(5-2)6-7-12-8(10)11-3;1-2/h1-6H;4-7H2,1-3H3;2H2,1H3. The monoisotopic (exact) mass is 352 g/mol. The minimum atomic E-state index is -0.609. The van der Waals surface area contributed by atoms with E-state index >= 15 is 0 Å². The first-order valence-corrected chi connectivity index (χ1v) is 8.10. The number of para-hydroxylation sites is 1. The summed E-state index contributed by atoms with van der Waals surface area (Å²) in [6.45, 7) is 7.25. The Morgan fingerprint density at radius 3 is 2.36 bits per heavy atom. The second kappa shape index (κ2) is 14.0. The zero-order valence-corrected chi connectivity index (χ0v) is 15.4. The Morgan fingerprint density at radius 2 is 1.76 bits per heavy atom. The number of nitrogens with two attached hydrogens (primary N) is 1. The molecule has 0 saturated carbocycles. The summed E-state index contributed by atoms with van der Waals surface area (Å²) in [6.07, 6.45) is -0.609. The molecule has 0 aliphatic rings. The number of benzene rings is 1. The van der Waals surface area contributed by atoms with Gasteiger partial charge in [-0.25, -0.2) is 9.59 Å². The lowest BCUT2D eigenvalue weighted by molar-refractivity contribution is 0.0646. The SMILES string of the molecule is CCN(CC)CCOC(=O)OC.CN.O=c1ccc2ccccc2o1. The highest BCUT2D eigenvalue weighted by Gasteiger charge is 2.02. The van der Waals surface area contributed by atoms with E-state index in [9.17, 15) is 9.59 Å². The molecule has 2 rings (SSSR count). The summed E-state index contributed by atoms with van der Waals surface area (Å²) >= 11 is 0. The van der Waals surface area contributed by atoms with Crippen LogP contribution in [0.5, 0.6) is 0 Å². The Morgan fingerprint density at radius 1 is 1.12 bits per heavy atom. The fraction of sp³-hybridized carbons (Fsp3) is 0.444. The molecule has 7 heteroatoms. The highest BCUT2D eigenvalue weighted by atomic mass is 16.7. The van der Waals surface area contributed by atoms with Crippen molar-refractivity contribution in [2.45, 2.75) is 13.8 Å². The molecule has 0 amide bonds. The number of hydrogen-bond donors (Lipinski definition) is 1. The number of fused-ring (bicyclic) bond motifs is 1. The van der Waals surface area contributed by atoms with Crippen LogP contribution in [0.4, 0.5) is 4.79 Å². The molecule has 1 aromatic heterocycles. The maximum Gasteiger partial charge on any atom is 0.508 e. The molecule has 0 fully saturated rings. The van der Waals surface area contributed by atoms with Crippen molar-refractivity contribution >= 4 is 17.1 Å². The van der Waals surface area contributed by atoms with Gasteiger partial charge in [-0.05, 0) is 32.3 Å². The van der Waals surface area contributed by atoms with Crippen LogP contribution < -0.4 is 11.4 Å². The largest absolute Gasteiger partial charge is 0.508 e. The lowest BCUT2D eigenvalue weighted by atomic mass is 10.2. The van der Waals surface area contributed by atoms with E-state index in [0.29, 0.717) is 12.2 Å². The summed E-state index contributed by atoms with van der Waals surface area (Å²) in [7, 11) is 2.81. The van der Waals surface area contributed by atoms with Crippen LogP contribution in [-0.4, -0.2) is 51.5 Å². The van der Waals surface area contributed by atoms with E-state index in [1.54, 1.807) is 12.1 Å². The summed E-state index contributed by atoms with van der Waals surface area (Å²) in [5.74, 6) is 0. The summed E-state index contributed by atoms with van der Waals surface area (Å²) in [5.41, 5.74) is 4.84. The topological polar surface area (TPSA) is 95.0 Å². The molecule has 0 aliphatic carbocycles. The molecule has 1 heterocycles. The number of carbonyl (C=O) groups is 1. The van der Waals surface area contributed by atoms with Crippen LogP contribution in [0.2, 0.25) is 0 Å². The number of hydrogen-bond acceptors (Lipinski definition) is 7. The maximum absolute atomic E-state index is 10.7. The Kier molecular flexibility index (Phi) is 12.7. The molecule has 25 heavy (non-hydrogen) atoms. The van der Waals surface area contributed by atoms with Crippen LogP contribution in [0, 0.1) is 0 Å². The molecule has 2 aromatic rings. The van der Waals surface area contributed by atoms with Gasteiger partial charge in [0.15, 0.2) is 0 Å². The quantitative estimate of drug-likeness (QED) is 0.652. The number of methoxy groups -OCH3 is 1. The van der Waals surface area contributed by atoms with Crippen LogP contribution in [0.25, 0.3) is 11.0 Å². The van der Waals surface area contributed by atoms with Crippen LogP contribution >= 0.6 is 0 Å². The molecule has 1 aromatic carbocycles.